The number of anilines is 1. The van der Waals surface area contributed by atoms with E-state index < -0.39 is 6.04 Å². The maximum atomic E-state index is 13.9. The number of Topliss-reactive ketones (excluding diaryl/α,β-unsaturated/α-hetero) is 1. The number of para-hydroxylation sites is 1. The number of fused-ring (bicyclic) bond motifs is 4. The lowest BCUT2D eigenvalue weighted by atomic mass is 9.82. The summed E-state index contributed by atoms with van der Waals surface area (Å²) in [5, 5.41) is 6.63. The molecule has 0 aliphatic carbocycles. The Morgan fingerprint density at radius 3 is 2.37 bits per heavy atom. The second-order valence-electron chi connectivity index (χ2n) is 10.4. The number of carbonyl (C=O) groups excluding carboxylic acids is 2. The number of nitrogens with zero attached hydrogens (tertiary/aromatic N) is 1. The average molecular weight is 547 g/mol. The van der Waals surface area contributed by atoms with E-state index >= 15 is 0 Å². The molecule has 2 bridgehead atoms. The summed E-state index contributed by atoms with van der Waals surface area (Å²) in [5.74, 6) is 0.265. The Kier molecular flexibility index (Phi) is 7.84. The number of ketones is 1. The topological polar surface area (TPSA) is 55.4 Å². The van der Waals surface area contributed by atoms with E-state index in [0.29, 0.717) is 23.5 Å². The summed E-state index contributed by atoms with van der Waals surface area (Å²) in [4.78, 5) is 26.9. The molecule has 0 spiro atoms. The molecule has 0 amide bonds. The van der Waals surface area contributed by atoms with Gasteiger partial charge in [-0.25, -0.2) is 4.79 Å². The zero-order valence-electron chi connectivity index (χ0n) is 21.1. The molecule has 5 nitrogen and oxygen atoms in total. The molecule has 3 aromatic carbocycles. The number of carbonyl (C=O) groups is 2. The molecule has 7 rings (SSSR count). The van der Waals surface area contributed by atoms with Crippen LogP contribution in [0.4, 0.5) is 5.69 Å². The highest BCUT2D eigenvalue weighted by atomic mass is 35.5. The first kappa shape index (κ1) is 26.4. The monoisotopic (exact) mass is 546 g/mol. The van der Waals surface area contributed by atoms with Crippen molar-refractivity contribution in [3.8, 4) is 0 Å². The van der Waals surface area contributed by atoms with Crippen LogP contribution in [0.15, 0.2) is 90.3 Å². The van der Waals surface area contributed by atoms with Gasteiger partial charge in [0.1, 0.15) is 13.1 Å². The number of hydrogen-bond acceptors (Lipinski definition) is 5. The van der Waals surface area contributed by atoms with Crippen molar-refractivity contribution in [3.05, 3.63) is 101 Å². The standard InChI is InChI=1S/C31H31N2O3S.ClH/c34-27(22-8-3-1-4-9-22)20-33-17-14-23(15-18-33)28(21-33)36-31(35)29(32-25-11-5-2-6-12-25)26-13-7-10-24-16-19-37-30(24)26;/h1-13,16,19,23,28-29,32H,14-15,17-18,20-21H2;1H/q+1;/p-1/t23?,28-,29?,33?;/m0./s1. The minimum absolute atomic E-state index is 0. The third kappa shape index (κ3) is 5.35. The number of esters is 1. The summed E-state index contributed by atoms with van der Waals surface area (Å²) in [6.45, 7) is 3.11. The summed E-state index contributed by atoms with van der Waals surface area (Å²) in [7, 11) is 0. The molecule has 3 aliphatic heterocycles. The Bertz CT molecular complexity index is 1400. The summed E-state index contributed by atoms with van der Waals surface area (Å²) in [5.41, 5.74) is 2.57. The molecule has 1 aromatic heterocycles. The van der Waals surface area contributed by atoms with Crippen LogP contribution in [-0.2, 0) is 9.53 Å². The average Bonchev–Trinajstić information content (AvgIpc) is 3.43. The predicted molar refractivity (Wildman–Crippen MR) is 148 cm³/mol. The van der Waals surface area contributed by atoms with E-state index in [-0.39, 0.29) is 30.3 Å². The van der Waals surface area contributed by atoms with Gasteiger partial charge in [-0.15, -0.1) is 11.3 Å². The van der Waals surface area contributed by atoms with Gasteiger partial charge in [0.05, 0.1) is 13.1 Å². The number of piperidine rings is 3. The molecule has 1 N–H and O–H groups in total. The van der Waals surface area contributed by atoms with Crippen LogP contribution in [0.3, 0.4) is 0 Å². The van der Waals surface area contributed by atoms with Crippen LogP contribution in [0.2, 0.25) is 0 Å². The third-order valence-corrected chi connectivity index (χ3v) is 9.00. The van der Waals surface area contributed by atoms with Gasteiger partial charge in [0.15, 0.2) is 12.1 Å². The second kappa shape index (κ2) is 11.3. The maximum Gasteiger partial charge on any atom is 0.333 e. The number of nitrogens with one attached hydrogen (secondary N) is 1. The van der Waals surface area contributed by atoms with Gasteiger partial charge in [0, 0.05) is 40.3 Å². The molecule has 3 fully saturated rings. The van der Waals surface area contributed by atoms with Gasteiger partial charge in [-0.3, -0.25) is 4.79 Å². The number of quaternary nitrogens is 1. The van der Waals surface area contributed by atoms with Crippen LogP contribution < -0.4 is 17.7 Å². The van der Waals surface area contributed by atoms with Crippen molar-refractivity contribution in [3.63, 3.8) is 0 Å². The predicted octanol–water partition coefficient (Wildman–Crippen LogP) is 3.09. The zero-order chi connectivity index (χ0) is 25.2. The smallest absolute Gasteiger partial charge is 0.333 e. The van der Waals surface area contributed by atoms with E-state index in [2.05, 4.69) is 22.8 Å². The number of thiophene rings is 1. The van der Waals surface area contributed by atoms with Crippen LogP contribution in [0.5, 0.6) is 0 Å². The number of benzene rings is 3. The Morgan fingerprint density at radius 2 is 1.63 bits per heavy atom. The molecule has 0 radical (unpaired) electrons. The van der Waals surface area contributed by atoms with Crippen molar-refractivity contribution in [1.29, 1.82) is 0 Å². The lowest BCUT2D eigenvalue weighted by Gasteiger charge is -2.51. The van der Waals surface area contributed by atoms with E-state index in [4.69, 9.17) is 4.74 Å². The first-order valence-corrected chi connectivity index (χ1v) is 13.9. The van der Waals surface area contributed by atoms with Crippen LogP contribution in [0.1, 0.15) is 34.8 Å². The van der Waals surface area contributed by atoms with E-state index in [1.807, 2.05) is 72.8 Å². The Hall–Kier alpha value is -3.19. The van der Waals surface area contributed by atoms with Gasteiger partial charge in [0.2, 0.25) is 5.78 Å². The molecule has 7 heteroatoms. The Labute approximate surface area is 233 Å². The molecule has 3 saturated heterocycles. The summed E-state index contributed by atoms with van der Waals surface area (Å²) in [6.07, 6.45) is 1.79. The fourth-order valence-electron chi connectivity index (χ4n) is 6.02. The van der Waals surface area contributed by atoms with E-state index in [9.17, 15) is 9.59 Å². The SMILES string of the molecule is O=C(C[N+]12CCC(CC1)[C@@H](OC(=O)C(Nc1ccccc1)c1cccc3ccsc13)C2)c1ccccc1.[Cl-]. The minimum atomic E-state index is -0.611. The summed E-state index contributed by atoms with van der Waals surface area (Å²) in [6, 6.07) is 26.9. The molecule has 1 unspecified atom stereocenters. The van der Waals surface area contributed by atoms with Crippen LogP contribution in [-0.4, -0.2) is 48.5 Å². The molecule has 0 saturated carbocycles. The molecule has 196 valence electrons. The zero-order valence-corrected chi connectivity index (χ0v) is 22.7. The van der Waals surface area contributed by atoms with E-state index in [1.54, 1.807) is 11.3 Å². The minimum Gasteiger partial charge on any atom is -1.00 e. The van der Waals surface area contributed by atoms with Crippen LogP contribution in [0.25, 0.3) is 10.1 Å². The fourth-order valence-corrected chi connectivity index (χ4v) is 6.97. The van der Waals surface area contributed by atoms with Crippen molar-refractivity contribution in [2.75, 3.05) is 31.5 Å². The molecule has 3 aliphatic rings. The van der Waals surface area contributed by atoms with E-state index in [1.165, 1.54) is 0 Å². The number of hydrogen-bond donors (Lipinski definition) is 1. The number of halogens is 1. The van der Waals surface area contributed by atoms with Gasteiger partial charge in [-0.2, -0.15) is 0 Å². The van der Waals surface area contributed by atoms with Gasteiger partial charge >= 0.3 is 5.97 Å². The van der Waals surface area contributed by atoms with Crippen molar-refractivity contribution < 1.29 is 31.2 Å². The van der Waals surface area contributed by atoms with Crippen molar-refractivity contribution in [1.82, 2.24) is 0 Å². The van der Waals surface area contributed by atoms with Crippen molar-refractivity contribution >= 4 is 38.9 Å². The Balaban J connectivity index is 0.00000294. The normalized spacial score (nSPS) is 22.8. The van der Waals surface area contributed by atoms with Gasteiger partial charge in [0.25, 0.3) is 0 Å². The Morgan fingerprint density at radius 1 is 0.921 bits per heavy atom. The van der Waals surface area contributed by atoms with Gasteiger partial charge in [-0.05, 0) is 29.0 Å². The third-order valence-electron chi connectivity index (χ3n) is 8.02. The van der Waals surface area contributed by atoms with Crippen LogP contribution in [0, 0.1) is 5.92 Å². The van der Waals surface area contributed by atoms with Crippen molar-refractivity contribution in [2.24, 2.45) is 5.92 Å². The quantitative estimate of drug-likeness (QED) is 0.210. The lowest BCUT2D eigenvalue weighted by Crippen LogP contribution is -3.00. The van der Waals surface area contributed by atoms with Crippen LogP contribution >= 0.6 is 11.3 Å². The first-order chi connectivity index (χ1) is 18.1. The molecule has 4 heterocycles. The molecule has 2 atom stereocenters. The molecule has 4 aromatic rings. The largest absolute Gasteiger partial charge is 1.00 e. The number of ether oxygens (including phenoxy) is 1. The fraction of sp³-hybridized carbons (Fsp3) is 0.290. The highest BCUT2D eigenvalue weighted by molar-refractivity contribution is 7.17. The highest BCUT2D eigenvalue weighted by Gasteiger charge is 2.49. The molecule has 38 heavy (non-hydrogen) atoms. The number of rotatable bonds is 8. The highest BCUT2D eigenvalue weighted by Crippen LogP contribution is 2.38. The van der Waals surface area contributed by atoms with Gasteiger partial charge < -0.3 is 26.9 Å². The maximum absolute atomic E-state index is 13.9. The molecular formula is C31H31ClN2O3S. The molecular weight excluding hydrogens is 516 g/mol. The lowest BCUT2D eigenvalue weighted by molar-refractivity contribution is -0.938. The van der Waals surface area contributed by atoms with E-state index in [0.717, 1.165) is 52.8 Å². The first-order valence-electron chi connectivity index (χ1n) is 13.0. The van der Waals surface area contributed by atoms with Gasteiger partial charge in [-0.1, -0.05) is 66.7 Å². The van der Waals surface area contributed by atoms with Crippen molar-refractivity contribution in [2.45, 2.75) is 25.0 Å². The summed E-state index contributed by atoms with van der Waals surface area (Å²) >= 11 is 1.64. The second-order valence-corrected chi connectivity index (χ2v) is 11.3. The summed E-state index contributed by atoms with van der Waals surface area (Å²) < 4.78 is 8.13.